The molecule has 0 radical (unpaired) electrons. The molecule has 108 valence electrons. The van der Waals surface area contributed by atoms with Crippen molar-refractivity contribution in [2.75, 3.05) is 5.73 Å². The Labute approximate surface area is 119 Å². The number of nitrogen functional groups attached to an aromatic ring is 1. The van der Waals surface area contributed by atoms with Crippen molar-refractivity contribution in [3.63, 3.8) is 0 Å². The summed E-state index contributed by atoms with van der Waals surface area (Å²) in [6, 6.07) is 8.30. The van der Waals surface area contributed by atoms with Gasteiger partial charge in [-0.25, -0.2) is 0 Å². The van der Waals surface area contributed by atoms with E-state index >= 15 is 0 Å². The summed E-state index contributed by atoms with van der Waals surface area (Å²) in [5.41, 5.74) is 6.91. The first kappa shape index (κ1) is 13.3. The number of fused-ring (bicyclic) bond motifs is 1. The summed E-state index contributed by atoms with van der Waals surface area (Å²) in [6.07, 6.45) is 0. The predicted molar refractivity (Wildman–Crippen MR) is 74.8 cm³/mol. The molecule has 0 unspecified atom stereocenters. The summed E-state index contributed by atoms with van der Waals surface area (Å²) < 4.78 is 31.2. The highest BCUT2D eigenvalue weighted by Gasteiger charge is 2.14. The molecule has 0 saturated carbocycles. The minimum atomic E-state index is -4.31. The Kier molecular flexibility index (Phi) is 2.81. The van der Waals surface area contributed by atoms with E-state index in [1.165, 1.54) is 30.3 Å². The molecule has 2 aromatic carbocycles. The molecule has 0 atom stereocenters. The molecule has 3 rings (SSSR count). The molecule has 1 aromatic heterocycles. The fourth-order valence-electron chi connectivity index (χ4n) is 1.87. The van der Waals surface area contributed by atoms with Crippen LogP contribution in [0.15, 0.2) is 41.3 Å². The van der Waals surface area contributed by atoms with Gasteiger partial charge >= 0.3 is 0 Å². The molecule has 0 spiro atoms. The lowest BCUT2D eigenvalue weighted by molar-refractivity contribution is 0.468. The van der Waals surface area contributed by atoms with Crippen LogP contribution in [-0.2, 0) is 10.1 Å². The zero-order chi connectivity index (χ0) is 15.2. The number of aromatic nitrogens is 3. The first-order chi connectivity index (χ1) is 9.84. The van der Waals surface area contributed by atoms with Gasteiger partial charge in [-0.1, -0.05) is 0 Å². The summed E-state index contributed by atoms with van der Waals surface area (Å²) in [7, 11) is -4.31. The Morgan fingerprint density at radius 3 is 2.43 bits per heavy atom. The number of aromatic hydroxyl groups is 1. The SMILES string of the molecule is Nc1ccc(-n2nc3ccc(S(=O)(=O)O)cc3n2)c(O)c1. The number of benzene rings is 2. The molecule has 4 N–H and O–H groups in total. The van der Waals surface area contributed by atoms with Crippen LogP contribution in [-0.4, -0.2) is 33.1 Å². The molecule has 9 heteroatoms. The lowest BCUT2D eigenvalue weighted by atomic mass is 10.2. The van der Waals surface area contributed by atoms with Gasteiger partial charge in [-0.3, -0.25) is 4.55 Å². The van der Waals surface area contributed by atoms with E-state index in [1.54, 1.807) is 6.07 Å². The van der Waals surface area contributed by atoms with Gasteiger partial charge in [0.05, 0.1) is 4.90 Å². The minimum absolute atomic E-state index is 0.106. The molecule has 3 aromatic rings. The average Bonchev–Trinajstić information content (AvgIpc) is 2.79. The summed E-state index contributed by atoms with van der Waals surface area (Å²) in [6.45, 7) is 0. The maximum Gasteiger partial charge on any atom is 0.294 e. The zero-order valence-corrected chi connectivity index (χ0v) is 11.3. The standard InChI is InChI=1S/C12H10N4O4S/c13-7-1-4-11(12(17)5-7)16-14-9-3-2-8(21(18,19)20)6-10(9)15-16/h1-6,17H,13H2,(H,18,19,20). The van der Waals surface area contributed by atoms with Crippen LogP contribution in [0.3, 0.4) is 0 Å². The van der Waals surface area contributed by atoms with Gasteiger partial charge in [-0.05, 0) is 30.3 Å². The molecule has 0 saturated heterocycles. The molecular formula is C12H10N4O4S. The molecule has 0 aliphatic rings. The Morgan fingerprint density at radius 2 is 1.76 bits per heavy atom. The van der Waals surface area contributed by atoms with Crippen LogP contribution in [0.4, 0.5) is 5.69 Å². The molecule has 8 nitrogen and oxygen atoms in total. The predicted octanol–water partition coefficient (Wildman–Crippen LogP) is 0.955. The number of hydrogen-bond donors (Lipinski definition) is 3. The molecule has 0 bridgehead atoms. The second-order valence-corrected chi connectivity index (χ2v) is 5.78. The number of phenols is 1. The Morgan fingerprint density at radius 1 is 1.05 bits per heavy atom. The van der Waals surface area contributed by atoms with E-state index in [4.69, 9.17) is 10.3 Å². The molecule has 0 amide bonds. The van der Waals surface area contributed by atoms with Crippen LogP contribution in [0, 0.1) is 0 Å². The number of rotatable bonds is 2. The molecule has 0 aliphatic heterocycles. The zero-order valence-electron chi connectivity index (χ0n) is 10.5. The van der Waals surface area contributed by atoms with Gasteiger partial charge in [-0.15, -0.1) is 15.0 Å². The third kappa shape index (κ3) is 2.39. The lowest BCUT2D eigenvalue weighted by Gasteiger charge is -2.03. The van der Waals surface area contributed by atoms with Crippen LogP contribution in [0.2, 0.25) is 0 Å². The smallest absolute Gasteiger partial charge is 0.294 e. The topological polar surface area (TPSA) is 131 Å². The van der Waals surface area contributed by atoms with Crippen molar-refractivity contribution in [1.29, 1.82) is 0 Å². The highest BCUT2D eigenvalue weighted by Crippen LogP contribution is 2.24. The average molecular weight is 306 g/mol. The van der Waals surface area contributed by atoms with Crippen molar-refractivity contribution in [3.8, 4) is 11.4 Å². The van der Waals surface area contributed by atoms with Crippen molar-refractivity contribution in [2.45, 2.75) is 4.90 Å². The van der Waals surface area contributed by atoms with Crippen LogP contribution in [0.5, 0.6) is 5.75 Å². The Bertz CT molecular complexity index is 949. The third-order valence-electron chi connectivity index (χ3n) is 2.86. The maximum absolute atomic E-state index is 11.1. The summed E-state index contributed by atoms with van der Waals surface area (Å²) >= 11 is 0. The van der Waals surface area contributed by atoms with Crippen molar-refractivity contribution >= 4 is 26.8 Å². The lowest BCUT2D eigenvalue weighted by Crippen LogP contribution is -1.99. The van der Waals surface area contributed by atoms with Gasteiger partial charge in [0.2, 0.25) is 0 Å². The van der Waals surface area contributed by atoms with Crippen LogP contribution in [0.25, 0.3) is 16.7 Å². The van der Waals surface area contributed by atoms with Gasteiger partial charge in [-0.2, -0.15) is 8.42 Å². The first-order valence-corrected chi connectivity index (χ1v) is 7.22. The first-order valence-electron chi connectivity index (χ1n) is 5.78. The van der Waals surface area contributed by atoms with Gasteiger partial charge in [0, 0.05) is 11.8 Å². The van der Waals surface area contributed by atoms with Crippen molar-refractivity contribution in [2.24, 2.45) is 0 Å². The summed E-state index contributed by atoms with van der Waals surface area (Å²) in [5.74, 6) is -0.106. The molecule has 1 heterocycles. The number of phenolic OH excluding ortho intramolecular Hbond substituents is 1. The number of anilines is 1. The summed E-state index contributed by atoms with van der Waals surface area (Å²) in [4.78, 5) is 0.885. The van der Waals surface area contributed by atoms with Crippen molar-refractivity contribution in [3.05, 3.63) is 36.4 Å². The van der Waals surface area contributed by atoms with Crippen LogP contribution in [0.1, 0.15) is 0 Å². The normalized spacial score (nSPS) is 11.9. The highest BCUT2D eigenvalue weighted by atomic mass is 32.2. The van der Waals surface area contributed by atoms with E-state index < -0.39 is 10.1 Å². The molecule has 21 heavy (non-hydrogen) atoms. The van der Waals surface area contributed by atoms with Gasteiger partial charge < -0.3 is 10.8 Å². The maximum atomic E-state index is 11.1. The second kappa shape index (κ2) is 4.43. The van der Waals surface area contributed by atoms with E-state index in [2.05, 4.69) is 10.2 Å². The quantitative estimate of drug-likeness (QED) is 0.474. The second-order valence-electron chi connectivity index (χ2n) is 4.36. The fraction of sp³-hybridized carbons (Fsp3) is 0. The minimum Gasteiger partial charge on any atom is -0.506 e. The van der Waals surface area contributed by atoms with Gasteiger partial charge in [0.25, 0.3) is 10.1 Å². The van der Waals surface area contributed by atoms with Crippen molar-refractivity contribution in [1.82, 2.24) is 15.0 Å². The van der Waals surface area contributed by atoms with Gasteiger partial charge in [0.1, 0.15) is 22.5 Å². The van der Waals surface area contributed by atoms with E-state index in [0.717, 1.165) is 4.80 Å². The van der Waals surface area contributed by atoms with E-state index in [9.17, 15) is 13.5 Å². The fourth-order valence-corrected chi connectivity index (χ4v) is 2.37. The van der Waals surface area contributed by atoms with E-state index in [0.29, 0.717) is 16.9 Å². The largest absolute Gasteiger partial charge is 0.506 e. The van der Waals surface area contributed by atoms with Crippen molar-refractivity contribution < 1.29 is 18.1 Å². The molecule has 0 aliphatic carbocycles. The number of nitrogens with zero attached hydrogens (tertiary/aromatic N) is 3. The van der Waals surface area contributed by atoms with E-state index in [-0.39, 0.29) is 16.2 Å². The monoisotopic (exact) mass is 306 g/mol. The number of nitrogens with two attached hydrogens (primary N) is 1. The van der Waals surface area contributed by atoms with E-state index in [1.807, 2.05) is 0 Å². The van der Waals surface area contributed by atoms with Gasteiger partial charge in [0.15, 0.2) is 0 Å². The third-order valence-corrected chi connectivity index (χ3v) is 3.71. The highest BCUT2D eigenvalue weighted by molar-refractivity contribution is 7.85. The number of hydrogen-bond acceptors (Lipinski definition) is 6. The van der Waals surface area contributed by atoms with Crippen LogP contribution < -0.4 is 5.73 Å². The Balaban J connectivity index is 2.17. The molecular weight excluding hydrogens is 296 g/mol. The molecule has 0 fully saturated rings. The summed E-state index contributed by atoms with van der Waals surface area (Å²) in [5, 5.41) is 18.0. The Hall–Kier alpha value is -2.65. The van der Waals surface area contributed by atoms with Crippen LogP contribution >= 0.6 is 0 Å².